The summed E-state index contributed by atoms with van der Waals surface area (Å²) in [5, 5.41) is 3.44. The lowest BCUT2D eigenvalue weighted by Crippen LogP contribution is -2.45. The predicted octanol–water partition coefficient (Wildman–Crippen LogP) is 4.10. The Hall–Kier alpha value is -1.76. The minimum atomic E-state index is -3.71. The lowest BCUT2D eigenvalue weighted by molar-refractivity contribution is -0.116. The molecule has 0 aliphatic rings. The van der Waals surface area contributed by atoms with E-state index in [1.807, 2.05) is 6.92 Å². The summed E-state index contributed by atoms with van der Waals surface area (Å²) in [4.78, 5) is 12.6. The van der Waals surface area contributed by atoms with Crippen LogP contribution < -0.4 is 9.62 Å². The highest BCUT2D eigenvalue weighted by atomic mass is 35.5. The Bertz CT molecular complexity index is 901. The molecule has 1 amide bonds. The Balaban J connectivity index is 2.36. The van der Waals surface area contributed by atoms with E-state index in [2.05, 4.69) is 5.32 Å². The summed E-state index contributed by atoms with van der Waals surface area (Å²) < 4.78 is 25.6. The van der Waals surface area contributed by atoms with Crippen molar-refractivity contribution in [2.45, 2.75) is 19.9 Å². The van der Waals surface area contributed by atoms with Gasteiger partial charge in [0, 0.05) is 5.02 Å². The van der Waals surface area contributed by atoms with E-state index in [0.29, 0.717) is 21.4 Å². The molecule has 0 saturated carbocycles. The highest BCUT2D eigenvalue weighted by Gasteiger charge is 2.29. The van der Waals surface area contributed by atoms with Gasteiger partial charge in [0.05, 0.1) is 22.7 Å². The van der Waals surface area contributed by atoms with Crippen LogP contribution in [0.5, 0.6) is 0 Å². The topological polar surface area (TPSA) is 66.5 Å². The number of hydrogen-bond donors (Lipinski definition) is 1. The molecule has 0 spiro atoms. The largest absolute Gasteiger partial charge is 0.323 e. The maximum Gasteiger partial charge on any atom is 0.248 e. The van der Waals surface area contributed by atoms with Crippen molar-refractivity contribution in [3.05, 3.63) is 58.1 Å². The molecule has 1 atom stereocenters. The van der Waals surface area contributed by atoms with Crippen molar-refractivity contribution in [2.24, 2.45) is 0 Å². The Morgan fingerprint density at radius 1 is 1.12 bits per heavy atom. The van der Waals surface area contributed by atoms with Crippen LogP contribution in [0.15, 0.2) is 42.5 Å². The van der Waals surface area contributed by atoms with Crippen LogP contribution >= 0.6 is 23.2 Å². The van der Waals surface area contributed by atoms with Gasteiger partial charge in [0.1, 0.15) is 6.04 Å². The third kappa shape index (κ3) is 4.66. The summed E-state index contributed by atoms with van der Waals surface area (Å²) in [6, 6.07) is 10.6. The molecule has 1 N–H and O–H groups in total. The average molecular weight is 401 g/mol. The Morgan fingerprint density at radius 2 is 1.76 bits per heavy atom. The molecule has 0 aromatic heterocycles. The summed E-state index contributed by atoms with van der Waals surface area (Å²) in [6.45, 7) is 3.31. The van der Waals surface area contributed by atoms with Gasteiger partial charge in [-0.25, -0.2) is 8.42 Å². The van der Waals surface area contributed by atoms with Crippen LogP contribution in [0.2, 0.25) is 10.0 Å². The van der Waals surface area contributed by atoms with Gasteiger partial charge in [0.25, 0.3) is 0 Å². The number of rotatable bonds is 5. The summed E-state index contributed by atoms with van der Waals surface area (Å²) in [5.74, 6) is -0.504. The second-order valence-corrected chi connectivity index (χ2v) is 8.31. The lowest BCUT2D eigenvalue weighted by Gasteiger charge is -2.28. The van der Waals surface area contributed by atoms with Gasteiger partial charge in [-0.1, -0.05) is 41.4 Å². The molecule has 8 heteroatoms. The van der Waals surface area contributed by atoms with Gasteiger partial charge in [-0.3, -0.25) is 9.10 Å². The van der Waals surface area contributed by atoms with Crippen LogP contribution in [0.3, 0.4) is 0 Å². The minimum absolute atomic E-state index is 0.319. The van der Waals surface area contributed by atoms with Gasteiger partial charge < -0.3 is 5.32 Å². The number of sulfonamides is 1. The third-order valence-electron chi connectivity index (χ3n) is 3.63. The molecule has 2 rings (SSSR count). The smallest absolute Gasteiger partial charge is 0.248 e. The van der Waals surface area contributed by atoms with E-state index < -0.39 is 22.0 Å². The molecule has 0 radical (unpaired) electrons. The number of hydrogen-bond acceptors (Lipinski definition) is 3. The molecule has 0 aliphatic carbocycles. The van der Waals surface area contributed by atoms with Crippen molar-refractivity contribution in [2.75, 3.05) is 15.9 Å². The van der Waals surface area contributed by atoms with E-state index >= 15 is 0 Å². The summed E-state index contributed by atoms with van der Waals surface area (Å²) in [5.41, 5.74) is 1.54. The number of para-hydroxylation sites is 1. The fourth-order valence-corrected chi connectivity index (χ4v) is 3.85. The van der Waals surface area contributed by atoms with Crippen molar-refractivity contribution < 1.29 is 13.2 Å². The van der Waals surface area contributed by atoms with Crippen LogP contribution in [0.25, 0.3) is 0 Å². The molecule has 0 aliphatic heterocycles. The van der Waals surface area contributed by atoms with Gasteiger partial charge in [-0.15, -0.1) is 0 Å². The second-order valence-electron chi connectivity index (χ2n) is 5.64. The van der Waals surface area contributed by atoms with Crippen LogP contribution in [0.1, 0.15) is 12.5 Å². The Labute approximate surface area is 157 Å². The Morgan fingerprint density at radius 3 is 2.32 bits per heavy atom. The van der Waals surface area contributed by atoms with Crippen LogP contribution in [-0.4, -0.2) is 26.6 Å². The number of benzene rings is 2. The van der Waals surface area contributed by atoms with E-state index in [1.54, 1.807) is 36.4 Å². The molecule has 0 heterocycles. The van der Waals surface area contributed by atoms with Crippen molar-refractivity contribution in [3.63, 3.8) is 0 Å². The van der Waals surface area contributed by atoms with E-state index in [9.17, 15) is 13.2 Å². The van der Waals surface area contributed by atoms with Gasteiger partial charge >= 0.3 is 0 Å². The number of anilines is 2. The van der Waals surface area contributed by atoms with E-state index in [-0.39, 0.29) is 0 Å². The molecule has 2 aromatic carbocycles. The summed E-state index contributed by atoms with van der Waals surface area (Å²) in [7, 11) is -3.71. The zero-order valence-corrected chi connectivity index (χ0v) is 16.3. The molecular formula is C17H18Cl2N2O3S. The number of halogens is 2. The van der Waals surface area contributed by atoms with Crippen molar-refractivity contribution in [3.8, 4) is 0 Å². The first kappa shape index (κ1) is 19.6. The van der Waals surface area contributed by atoms with Crippen molar-refractivity contribution in [1.82, 2.24) is 0 Å². The maximum atomic E-state index is 12.6. The number of amides is 1. The van der Waals surface area contributed by atoms with E-state index in [4.69, 9.17) is 23.2 Å². The minimum Gasteiger partial charge on any atom is -0.323 e. The van der Waals surface area contributed by atoms with Crippen molar-refractivity contribution >= 4 is 50.5 Å². The highest BCUT2D eigenvalue weighted by Crippen LogP contribution is 2.27. The number of nitrogens with one attached hydrogen (secondary N) is 1. The Kier molecular flexibility index (Phi) is 5.98. The lowest BCUT2D eigenvalue weighted by atomic mass is 10.2. The first-order valence-corrected chi connectivity index (χ1v) is 10.0. The molecule has 25 heavy (non-hydrogen) atoms. The van der Waals surface area contributed by atoms with E-state index in [1.165, 1.54) is 13.0 Å². The zero-order valence-electron chi connectivity index (χ0n) is 14.0. The van der Waals surface area contributed by atoms with Crippen LogP contribution in [0, 0.1) is 6.92 Å². The molecule has 0 unspecified atom stereocenters. The molecule has 2 aromatic rings. The van der Waals surface area contributed by atoms with E-state index in [0.717, 1.165) is 16.1 Å². The first-order valence-electron chi connectivity index (χ1n) is 7.42. The molecule has 134 valence electrons. The van der Waals surface area contributed by atoms with Crippen molar-refractivity contribution in [1.29, 1.82) is 0 Å². The number of carbonyl (C=O) groups is 1. The normalized spacial score (nSPS) is 12.5. The predicted molar refractivity (Wildman–Crippen MR) is 103 cm³/mol. The fraction of sp³-hybridized carbons (Fsp3) is 0.235. The van der Waals surface area contributed by atoms with Gasteiger partial charge in [0.2, 0.25) is 15.9 Å². The maximum absolute atomic E-state index is 12.6. The number of aryl methyl sites for hydroxylation is 1. The van der Waals surface area contributed by atoms with Crippen LogP contribution in [-0.2, 0) is 14.8 Å². The molecule has 0 bridgehead atoms. The second kappa shape index (κ2) is 7.64. The highest BCUT2D eigenvalue weighted by molar-refractivity contribution is 7.92. The molecule has 0 fully saturated rings. The number of carbonyl (C=O) groups excluding carboxylic acids is 1. The SMILES string of the molecule is Cc1ccc(N([C@H](C)C(=O)Nc2ccccc2Cl)S(C)(=O)=O)cc1Cl. The monoisotopic (exact) mass is 400 g/mol. The average Bonchev–Trinajstić information content (AvgIpc) is 2.51. The fourth-order valence-electron chi connectivity index (χ4n) is 2.33. The molecule has 5 nitrogen and oxygen atoms in total. The van der Waals surface area contributed by atoms with Gasteiger partial charge in [-0.2, -0.15) is 0 Å². The first-order chi connectivity index (χ1) is 11.6. The molecular weight excluding hydrogens is 383 g/mol. The summed E-state index contributed by atoms with van der Waals surface area (Å²) in [6.07, 6.45) is 1.04. The van der Waals surface area contributed by atoms with Crippen LogP contribution in [0.4, 0.5) is 11.4 Å². The summed E-state index contributed by atoms with van der Waals surface area (Å²) >= 11 is 12.1. The van der Waals surface area contributed by atoms with Gasteiger partial charge in [-0.05, 0) is 43.7 Å². The number of nitrogens with zero attached hydrogens (tertiary/aromatic N) is 1. The molecule has 0 saturated heterocycles. The standard InChI is InChI=1S/C17H18Cl2N2O3S/c1-11-8-9-13(10-15(11)19)21(25(3,23)24)12(2)17(22)20-16-7-5-4-6-14(16)18/h4-10,12H,1-3H3,(H,20,22)/t12-/m1/s1. The quantitative estimate of drug-likeness (QED) is 0.821. The van der Waals surface area contributed by atoms with Gasteiger partial charge in [0.15, 0.2) is 0 Å². The third-order valence-corrected chi connectivity index (χ3v) is 5.61. The zero-order chi connectivity index (χ0) is 18.8.